The van der Waals surface area contributed by atoms with Gasteiger partial charge in [0.15, 0.2) is 11.5 Å². The molecule has 0 bridgehead atoms. The fourth-order valence-corrected chi connectivity index (χ4v) is 7.00. The van der Waals surface area contributed by atoms with Crippen LogP contribution in [-0.2, 0) is 36.1 Å². The van der Waals surface area contributed by atoms with Crippen LogP contribution < -0.4 is 5.73 Å². The maximum atomic E-state index is 12.1. The Hall–Kier alpha value is -1.28. The van der Waals surface area contributed by atoms with Gasteiger partial charge in [-0.3, -0.25) is 9.05 Å². The summed E-state index contributed by atoms with van der Waals surface area (Å²) in [5.41, 5.74) is 6.71. The number of anilines is 1. The van der Waals surface area contributed by atoms with Gasteiger partial charge in [-0.2, -0.15) is 13.7 Å². The van der Waals surface area contributed by atoms with Crippen LogP contribution in [0.25, 0.3) is 5.65 Å². The Morgan fingerprint density at radius 1 is 1.13 bits per heavy atom. The molecule has 8 atom stereocenters. The van der Waals surface area contributed by atoms with Crippen LogP contribution in [0.2, 0.25) is 0 Å². The molecule has 0 amide bonds. The second kappa shape index (κ2) is 7.65. The van der Waals surface area contributed by atoms with E-state index < -0.39 is 41.8 Å². The molecule has 2 fully saturated rings. The zero-order chi connectivity index (χ0) is 22.8. The monoisotopic (exact) mass is 501 g/mol. The zero-order valence-corrected chi connectivity index (χ0v) is 18.5. The number of phosphoric ester groups is 2. The number of nitrogen functional groups attached to an aromatic ring is 1. The van der Waals surface area contributed by atoms with Gasteiger partial charge in [-0.25, -0.2) is 28.2 Å². The summed E-state index contributed by atoms with van der Waals surface area (Å²) in [5.74, 6) is -0.386. The van der Waals surface area contributed by atoms with Gasteiger partial charge < -0.3 is 25.2 Å². The molecule has 3 heterocycles. The van der Waals surface area contributed by atoms with Gasteiger partial charge in [-0.1, -0.05) is 6.92 Å². The van der Waals surface area contributed by atoms with Crippen LogP contribution >= 0.6 is 23.5 Å². The van der Waals surface area contributed by atoms with Crippen molar-refractivity contribution in [1.29, 1.82) is 0 Å². The summed E-state index contributed by atoms with van der Waals surface area (Å²) in [6, 6.07) is 0. The average molecular weight is 501 g/mol. The Labute approximate surface area is 174 Å². The van der Waals surface area contributed by atoms with Crippen molar-refractivity contribution in [2.45, 2.75) is 25.2 Å². The largest absolute Gasteiger partial charge is 0.490 e. The van der Waals surface area contributed by atoms with Crippen LogP contribution in [0, 0.1) is 11.8 Å². The van der Waals surface area contributed by atoms with Crippen LogP contribution in [0.5, 0.6) is 0 Å². The van der Waals surface area contributed by atoms with E-state index in [1.807, 2.05) is 6.92 Å². The number of nitrogens with zero attached hydrogens (tertiary/aromatic N) is 4. The molecular formula is C12H18N5O11P3. The highest BCUT2D eigenvalue weighted by atomic mass is 31.3. The molecule has 0 spiro atoms. The van der Waals surface area contributed by atoms with E-state index in [4.69, 9.17) is 19.9 Å². The van der Waals surface area contributed by atoms with Crippen LogP contribution in [0.1, 0.15) is 18.7 Å². The van der Waals surface area contributed by atoms with Gasteiger partial charge in [-0.15, -0.1) is 0 Å². The third kappa shape index (κ3) is 4.47. The normalized spacial score (nSPS) is 33.4. The highest BCUT2D eigenvalue weighted by molar-refractivity contribution is 7.66. The molecule has 16 nitrogen and oxygen atoms in total. The van der Waals surface area contributed by atoms with Crippen LogP contribution in [0.4, 0.5) is 5.82 Å². The van der Waals surface area contributed by atoms with Gasteiger partial charge in [0, 0.05) is 13.0 Å². The number of phosphoric acid groups is 3. The van der Waals surface area contributed by atoms with Gasteiger partial charge in [0.05, 0.1) is 18.0 Å². The number of nitrogens with two attached hydrogens (primary N) is 1. The molecule has 0 radical (unpaired) electrons. The molecular weight excluding hydrogens is 483 g/mol. The van der Waals surface area contributed by atoms with Gasteiger partial charge in [0.25, 0.3) is 0 Å². The summed E-state index contributed by atoms with van der Waals surface area (Å²) in [4.78, 5) is 36.3. The number of ether oxygens (including phenoxy) is 1. The van der Waals surface area contributed by atoms with Crippen molar-refractivity contribution in [3.63, 3.8) is 0 Å². The number of hydrogen-bond acceptors (Lipinski definition) is 12. The van der Waals surface area contributed by atoms with Gasteiger partial charge in [-0.05, 0) is 5.92 Å². The minimum Gasteiger partial charge on any atom is -0.381 e. The summed E-state index contributed by atoms with van der Waals surface area (Å²) in [6.45, 7) is 1.81. The van der Waals surface area contributed by atoms with Gasteiger partial charge in [0.1, 0.15) is 18.5 Å². The first-order valence-electron chi connectivity index (χ1n) is 8.59. The van der Waals surface area contributed by atoms with Gasteiger partial charge >= 0.3 is 23.5 Å². The summed E-state index contributed by atoms with van der Waals surface area (Å²) in [6.07, 6.45) is 0.778. The van der Waals surface area contributed by atoms with Crippen molar-refractivity contribution >= 4 is 34.9 Å². The second-order valence-corrected chi connectivity index (χ2v) is 11.5. The predicted octanol–water partition coefficient (Wildman–Crippen LogP) is 0.778. The van der Waals surface area contributed by atoms with Gasteiger partial charge in [0.2, 0.25) is 0 Å². The van der Waals surface area contributed by atoms with E-state index >= 15 is 0 Å². The van der Waals surface area contributed by atoms with Crippen LogP contribution in [0.3, 0.4) is 0 Å². The fourth-order valence-electron chi connectivity index (χ4n) is 3.54. The Morgan fingerprint density at radius 2 is 1.81 bits per heavy atom. The molecule has 2 aromatic rings. The number of rotatable bonds is 8. The summed E-state index contributed by atoms with van der Waals surface area (Å²) >= 11 is 0. The molecule has 5 N–H and O–H groups in total. The molecule has 1 aliphatic heterocycles. The maximum absolute atomic E-state index is 12.1. The van der Waals surface area contributed by atoms with Crippen LogP contribution in [0.15, 0.2) is 12.5 Å². The van der Waals surface area contributed by atoms with Crippen LogP contribution in [-0.4, -0.2) is 53.6 Å². The standard InChI is InChI=1S/C12H18N5O11P3/c1-5-7-9(25-8(5)6-3-14-12-11(13)15-4-16-17(6)12)10(7)26-30(20,21)28-31(22,23)27-29(18,19)24-2/h3-5,7-10H,1-2H3,(H,18,19)(H,20,21)(H,22,23)(H2,13,15,16)/t5-,7?,8+,9-,10?/m0/s1. The van der Waals surface area contributed by atoms with E-state index in [9.17, 15) is 23.5 Å². The molecule has 1 saturated carbocycles. The third-order valence-corrected chi connectivity index (χ3v) is 9.15. The molecule has 1 saturated heterocycles. The molecule has 172 valence electrons. The lowest BCUT2D eigenvalue weighted by Crippen LogP contribution is -2.18. The molecule has 0 aromatic carbocycles. The lowest BCUT2D eigenvalue weighted by atomic mass is 9.98. The minimum absolute atomic E-state index is 0.188. The first-order valence-corrected chi connectivity index (χ1v) is 13.1. The number of aromatic nitrogens is 4. The van der Waals surface area contributed by atoms with Crippen molar-refractivity contribution in [2.24, 2.45) is 11.8 Å². The van der Waals surface area contributed by atoms with Crippen molar-refractivity contribution in [3.8, 4) is 0 Å². The lowest BCUT2D eigenvalue weighted by molar-refractivity contribution is 0.00796. The molecule has 1 aliphatic carbocycles. The van der Waals surface area contributed by atoms with E-state index in [1.54, 1.807) is 0 Å². The van der Waals surface area contributed by atoms with E-state index in [-0.39, 0.29) is 17.7 Å². The summed E-state index contributed by atoms with van der Waals surface area (Å²) in [7, 11) is -14.9. The molecule has 2 aromatic heterocycles. The highest BCUT2D eigenvalue weighted by Crippen LogP contribution is 2.70. The average Bonchev–Trinajstić information content (AvgIpc) is 2.97. The fraction of sp³-hybridized carbons (Fsp3) is 0.583. The third-order valence-electron chi connectivity index (χ3n) is 4.88. The summed E-state index contributed by atoms with van der Waals surface area (Å²) < 4.78 is 59.2. The Balaban J connectivity index is 1.41. The van der Waals surface area contributed by atoms with Crippen molar-refractivity contribution in [1.82, 2.24) is 19.6 Å². The first kappa shape index (κ1) is 22.9. The molecule has 31 heavy (non-hydrogen) atoms. The Bertz CT molecular complexity index is 1160. The number of hydrogen-bond donors (Lipinski definition) is 4. The van der Waals surface area contributed by atoms with Crippen molar-refractivity contribution < 1.29 is 50.8 Å². The van der Waals surface area contributed by atoms with E-state index in [1.165, 1.54) is 17.0 Å². The quantitative estimate of drug-likeness (QED) is 0.366. The number of fused-ring (bicyclic) bond motifs is 2. The summed E-state index contributed by atoms with van der Waals surface area (Å²) in [5, 5.41) is 4.10. The van der Waals surface area contributed by atoms with E-state index in [0.717, 1.165) is 7.11 Å². The molecule has 4 rings (SSSR count). The molecule has 19 heteroatoms. The molecule has 2 aliphatic rings. The second-order valence-electron chi connectivity index (χ2n) is 6.84. The predicted molar refractivity (Wildman–Crippen MR) is 99.0 cm³/mol. The Morgan fingerprint density at radius 3 is 2.42 bits per heavy atom. The van der Waals surface area contributed by atoms with Crippen molar-refractivity contribution in [3.05, 3.63) is 18.2 Å². The SMILES string of the molecule is COP(=O)(O)OP(=O)(O)OP(=O)(O)OC1C2[C@@H]1O[C@@H](c1cnc3c(N)ncnn13)[C@H]2C. The van der Waals surface area contributed by atoms with Crippen molar-refractivity contribution in [2.75, 3.05) is 12.8 Å². The minimum atomic E-state index is -5.46. The zero-order valence-electron chi connectivity index (χ0n) is 15.9. The number of imidazole rings is 1. The molecule has 5 unspecified atom stereocenters. The lowest BCUT2D eigenvalue weighted by Gasteiger charge is -2.21. The Kier molecular flexibility index (Phi) is 5.65. The first-order chi connectivity index (χ1) is 14.3. The smallest absolute Gasteiger partial charge is 0.381 e. The topological polar surface area (TPSA) is 227 Å². The highest BCUT2D eigenvalue weighted by Gasteiger charge is 2.66. The maximum Gasteiger partial charge on any atom is 0.490 e. The van der Waals surface area contributed by atoms with E-state index in [2.05, 4.69) is 28.2 Å². The van der Waals surface area contributed by atoms with E-state index in [0.29, 0.717) is 11.3 Å².